The number of carbonyl (C=O) groups is 2. The van der Waals surface area contributed by atoms with Gasteiger partial charge in [0.05, 0.1) is 0 Å². The summed E-state index contributed by atoms with van der Waals surface area (Å²) in [4.78, 5) is 22.9. The van der Waals surface area contributed by atoms with Crippen molar-refractivity contribution in [2.24, 2.45) is 5.92 Å². The lowest BCUT2D eigenvalue weighted by atomic mass is 10.0. The van der Waals surface area contributed by atoms with Crippen LogP contribution in [0, 0.1) is 5.92 Å². The topological polar surface area (TPSA) is 87.7 Å². The molecule has 1 fully saturated rings. The zero-order chi connectivity index (χ0) is 17.2. The highest BCUT2D eigenvalue weighted by atomic mass is 16.5. The number of carboxylic acids is 1. The molecule has 1 aliphatic rings. The molecule has 6 heteroatoms. The summed E-state index contributed by atoms with van der Waals surface area (Å²) in [6.07, 6.45) is 3.04. The molecule has 1 saturated heterocycles. The van der Waals surface area contributed by atoms with Crippen LogP contribution in [0.2, 0.25) is 0 Å². The predicted octanol–water partition coefficient (Wildman–Crippen LogP) is 2.19. The van der Waals surface area contributed by atoms with Gasteiger partial charge in [0.1, 0.15) is 0 Å². The van der Waals surface area contributed by atoms with Crippen LogP contribution >= 0.6 is 0 Å². The first-order valence-electron chi connectivity index (χ1n) is 8.51. The first-order valence-corrected chi connectivity index (χ1v) is 8.51. The van der Waals surface area contributed by atoms with Gasteiger partial charge < -0.3 is 20.5 Å². The van der Waals surface area contributed by atoms with Crippen molar-refractivity contribution in [2.75, 3.05) is 19.8 Å². The molecule has 2 unspecified atom stereocenters. The Morgan fingerprint density at radius 2 is 2.08 bits per heavy atom. The van der Waals surface area contributed by atoms with Gasteiger partial charge in [-0.25, -0.2) is 4.79 Å². The predicted molar refractivity (Wildman–Crippen MR) is 90.9 cm³/mol. The van der Waals surface area contributed by atoms with Crippen LogP contribution in [0.25, 0.3) is 0 Å². The van der Waals surface area contributed by atoms with E-state index in [0.717, 1.165) is 31.6 Å². The van der Waals surface area contributed by atoms with Gasteiger partial charge in [0, 0.05) is 32.2 Å². The zero-order valence-corrected chi connectivity index (χ0v) is 13.9. The maximum atomic E-state index is 12.1. The van der Waals surface area contributed by atoms with E-state index in [2.05, 4.69) is 10.6 Å². The summed E-state index contributed by atoms with van der Waals surface area (Å²) in [6, 6.07) is 9.34. The second-order valence-electron chi connectivity index (χ2n) is 6.24. The van der Waals surface area contributed by atoms with Gasteiger partial charge in [-0.1, -0.05) is 30.3 Å². The van der Waals surface area contributed by atoms with Crippen molar-refractivity contribution in [1.29, 1.82) is 0 Å². The molecular weight excluding hydrogens is 308 g/mol. The van der Waals surface area contributed by atoms with Crippen LogP contribution in [0.5, 0.6) is 0 Å². The van der Waals surface area contributed by atoms with E-state index in [-0.39, 0.29) is 18.5 Å². The van der Waals surface area contributed by atoms with Gasteiger partial charge in [0.15, 0.2) is 0 Å². The van der Waals surface area contributed by atoms with Crippen LogP contribution in [0.4, 0.5) is 4.79 Å². The summed E-state index contributed by atoms with van der Waals surface area (Å²) in [7, 11) is 0. The second-order valence-corrected chi connectivity index (χ2v) is 6.24. The molecule has 0 spiro atoms. The molecule has 1 aliphatic heterocycles. The highest BCUT2D eigenvalue weighted by Gasteiger charge is 2.17. The maximum Gasteiger partial charge on any atom is 0.315 e. The summed E-state index contributed by atoms with van der Waals surface area (Å²) in [5, 5.41) is 14.6. The molecule has 0 bridgehead atoms. The number of aliphatic carboxylic acids is 1. The number of carbonyl (C=O) groups excluding carboxylic acids is 1. The summed E-state index contributed by atoms with van der Waals surface area (Å²) in [5.41, 5.74) is 1.08. The second kappa shape index (κ2) is 9.93. The Balaban J connectivity index is 1.77. The number of nitrogens with one attached hydrogen (secondary N) is 2. The lowest BCUT2D eigenvalue weighted by Crippen LogP contribution is -2.43. The van der Waals surface area contributed by atoms with Crippen molar-refractivity contribution >= 4 is 12.0 Å². The van der Waals surface area contributed by atoms with Crippen LogP contribution in [0.15, 0.2) is 30.3 Å². The molecule has 0 aliphatic carbocycles. The molecule has 3 N–H and O–H groups in total. The van der Waals surface area contributed by atoms with E-state index in [1.807, 2.05) is 30.3 Å². The molecule has 1 aromatic carbocycles. The lowest BCUT2D eigenvalue weighted by molar-refractivity contribution is -0.137. The number of hydrogen-bond donors (Lipinski definition) is 3. The minimum absolute atomic E-state index is 0.0389. The Morgan fingerprint density at radius 1 is 1.29 bits per heavy atom. The van der Waals surface area contributed by atoms with Crippen LogP contribution in [0.1, 0.15) is 31.2 Å². The van der Waals surface area contributed by atoms with Gasteiger partial charge in [-0.15, -0.1) is 0 Å². The molecule has 0 radical (unpaired) electrons. The van der Waals surface area contributed by atoms with Crippen LogP contribution in [-0.2, 0) is 16.0 Å². The molecule has 24 heavy (non-hydrogen) atoms. The summed E-state index contributed by atoms with van der Waals surface area (Å²) in [6.45, 7) is 2.20. The minimum Gasteiger partial charge on any atom is -0.481 e. The Bertz CT molecular complexity index is 515. The standard InChI is InChI=1S/C18H26N2O4/c21-17(22)7-6-16(12-14-4-2-1-3-5-14)20-18(23)19-10-8-15-9-11-24-13-15/h1-5,15-16H,6-13H2,(H,21,22)(H2,19,20,23). The van der Waals surface area contributed by atoms with Crippen molar-refractivity contribution in [2.45, 2.75) is 38.1 Å². The van der Waals surface area contributed by atoms with Gasteiger partial charge >= 0.3 is 12.0 Å². The molecule has 132 valence electrons. The third kappa shape index (κ3) is 7.00. The molecule has 1 heterocycles. The fourth-order valence-corrected chi connectivity index (χ4v) is 2.86. The monoisotopic (exact) mass is 334 g/mol. The van der Waals surface area contributed by atoms with Crippen LogP contribution < -0.4 is 10.6 Å². The SMILES string of the molecule is O=C(O)CCC(Cc1ccccc1)NC(=O)NCCC1CCOC1. The minimum atomic E-state index is -0.850. The zero-order valence-electron chi connectivity index (χ0n) is 13.9. The first kappa shape index (κ1) is 18.3. The number of hydrogen-bond acceptors (Lipinski definition) is 3. The van der Waals surface area contributed by atoms with Gasteiger partial charge in [-0.3, -0.25) is 4.79 Å². The van der Waals surface area contributed by atoms with Crippen molar-refractivity contribution in [3.63, 3.8) is 0 Å². The Morgan fingerprint density at radius 3 is 2.75 bits per heavy atom. The highest BCUT2D eigenvalue weighted by Crippen LogP contribution is 2.15. The van der Waals surface area contributed by atoms with E-state index in [4.69, 9.17) is 9.84 Å². The Hall–Kier alpha value is -2.08. The number of benzene rings is 1. The van der Waals surface area contributed by atoms with Crippen molar-refractivity contribution in [3.05, 3.63) is 35.9 Å². The quantitative estimate of drug-likeness (QED) is 0.646. The van der Waals surface area contributed by atoms with Crippen LogP contribution in [0.3, 0.4) is 0 Å². The van der Waals surface area contributed by atoms with Crippen molar-refractivity contribution in [1.82, 2.24) is 10.6 Å². The van der Waals surface area contributed by atoms with Crippen LogP contribution in [-0.4, -0.2) is 42.9 Å². The van der Waals surface area contributed by atoms with Crippen molar-refractivity contribution in [3.8, 4) is 0 Å². The molecule has 0 aromatic heterocycles. The average Bonchev–Trinajstić information content (AvgIpc) is 3.07. The summed E-state index contributed by atoms with van der Waals surface area (Å²) >= 11 is 0. The first-order chi connectivity index (χ1) is 11.6. The smallest absolute Gasteiger partial charge is 0.315 e. The van der Waals surface area contributed by atoms with Crippen molar-refractivity contribution < 1.29 is 19.4 Å². The molecule has 0 saturated carbocycles. The molecule has 6 nitrogen and oxygen atoms in total. The van der Waals surface area contributed by atoms with E-state index in [9.17, 15) is 9.59 Å². The molecule has 2 rings (SSSR count). The number of carboxylic acid groups (broad SMARTS) is 1. The number of rotatable bonds is 9. The van der Waals surface area contributed by atoms with Gasteiger partial charge in [0.25, 0.3) is 0 Å². The molecular formula is C18H26N2O4. The fourth-order valence-electron chi connectivity index (χ4n) is 2.86. The maximum absolute atomic E-state index is 12.1. The molecule has 2 amide bonds. The van der Waals surface area contributed by atoms with E-state index in [1.54, 1.807) is 0 Å². The third-order valence-electron chi connectivity index (χ3n) is 4.23. The molecule has 1 aromatic rings. The highest BCUT2D eigenvalue weighted by molar-refractivity contribution is 5.74. The van der Waals surface area contributed by atoms with E-state index >= 15 is 0 Å². The van der Waals surface area contributed by atoms with E-state index in [0.29, 0.717) is 25.3 Å². The average molecular weight is 334 g/mol. The number of ether oxygens (including phenoxy) is 1. The summed E-state index contributed by atoms with van der Waals surface area (Å²) < 4.78 is 5.32. The summed E-state index contributed by atoms with van der Waals surface area (Å²) in [5.74, 6) is -0.325. The fraction of sp³-hybridized carbons (Fsp3) is 0.556. The van der Waals surface area contributed by atoms with Gasteiger partial charge in [0.2, 0.25) is 0 Å². The third-order valence-corrected chi connectivity index (χ3v) is 4.23. The lowest BCUT2D eigenvalue weighted by Gasteiger charge is -2.19. The normalized spacial score (nSPS) is 18.1. The van der Waals surface area contributed by atoms with Gasteiger partial charge in [-0.05, 0) is 37.2 Å². The Kier molecular flexibility index (Phi) is 7.55. The number of urea groups is 1. The Labute approximate surface area is 142 Å². The van der Waals surface area contributed by atoms with E-state index in [1.165, 1.54) is 0 Å². The van der Waals surface area contributed by atoms with E-state index < -0.39 is 5.97 Å². The molecule has 2 atom stereocenters. The largest absolute Gasteiger partial charge is 0.481 e. The van der Waals surface area contributed by atoms with Gasteiger partial charge in [-0.2, -0.15) is 0 Å². The number of amides is 2.